The first kappa shape index (κ1) is 21.2. The maximum atomic E-state index is 12.2. The Balaban J connectivity index is 1.99. The van der Waals surface area contributed by atoms with Crippen molar-refractivity contribution in [1.82, 2.24) is 0 Å². The molecule has 0 heterocycles. The summed E-state index contributed by atoms with van der Waals surface area (Å²) in [5, 5.41) is 0. The number of ether oxygens (including phenoxy) is 3. The molecule has 0 amide bonds. The lowest BCUT2D eigenvalue weighted by Crippen LogP contribution is -2.40. The zero-order chi connectivity index (χ0) is 20.8. The van der Waals surface area contributed by atoms with Crippen LogP contribution in [0.5, 0.6) is 11.5 Å². The minimum Gasteiger partial charge on any atom is -0.488 e. The Kier molecular flexibility index (Phi) is 6.62. The lowest BCUT2D eigenvalue weighted by Gasteiger charge is -2.34. The molecule has 0 bridgehead atoms. The third kappa shape index (κ3) is 6.58. The molecule has 0 spiro atoms. The van der Waals surface area contributed by atoms with Crippen molar-refractivity contribution < 1.29 is 23.8 Å². The molecule has 0 unspecified atom stereocenters. The molecule has 5 heteroatoms. The molecule has 5 nitrogen and oxygen atoms in total. The van der Waals surface area contributed by atoms with Gasteiger partial charge in [0, 0.05) is 12.5 Å². The highest BCUT2D eigenvalue weighted by Gasteiger charge is 2.33. The minimum absolute atomic E-state index is 0.425. The standard InChI is InChI=1S/C23H26O5/c1-6-20(24)28-23(4,5)16-22(2,3)27-19-14-12-17(13-15-19)21(25)26-18-10-8-7-9-11-18/h6-15H,1,16H2,2-5H3. The summed E-state index contributed by atoms with van der Waals surface area (Å²) in [5.74, 6) is 0.189. The van der Waals surface area contributed by atoms with Crippen molar-refractivity contribution in [3.8, 4) is 11.5 Å². The van der Waals surface area contributed by atoms with E-state index in [-0.39, 0.29) is 0 Å². The maximum absolute atomic E-state index is 12.2. The van der Waals surface area contributed by atoms with Crippen LogP contribution in [-0.4, -0.2) is 23.1 Å². The fourth-order valence-electron chi connectivity index (χ4n) is 3.04. The van der Waals surface area contributed by atoms with Crippen molar-refractivity contribution in [1.29, 1.82) is 0 Å². The van der Waals surface area contributed by atoms with Gasteiger partial charge in [-0.25, -0.2) is 9.59 Å². The second-order valence-corrected chi connectivity index (χ2v) is 7.65. The average molecular weight is 382 g/mol. The van der Waals surface area contributed by atoms with Gasteiger partial charge in [-0.15, -0.1) is 0 Å². The quantitative estimate of drug-likeness (QED) is 0.367. The number of carbonyl (C=O) groups excluding carboxylic acids is 2. The van der Waals surface area contributed by atoms with Crippen LogP contribution in [0.1, 0.15) is 44.5 Å². The Morgan fingerprint density at radius 3 is 2.07 bits per heavy atom. The molecular formula is C23H26O5. The Bertz CT molecular complexity index is 820. The predicted molar refractivity (Wildman–Crippen MR) is 108 cm³/mol. The summed E-state index contributed by atoms with van der Waals surface area (Å²) in [6.45, 7) is 10.9. The molecule has 0 aromatic heterocycles. The maximum Gasteiger partial charge on any atom is 0.343 e. The van der Waals surface area contributed by atoms with E-state index in [2.05, 4.69) is 6.58 Å². The molecule has 2 aromatic rings. The first-order valence-electron chi connectivity index (χ1n) is 9.02. The largest absolute Gasteiger partial charge is 0.488 e. The third-order valence-corrected chi connectivity index (χ3v) is 3.83. The number of hydrogen-bond donors (Lipinski definition) is 0. The Labute approximate surface area is 165 Å². The zero-order valence-corrected chi connectivity index (χ0v) is 16.7. The average Bonchev–Trinajstić information content (AvgIpc) is 2.61. The van der Waals surface area contributed by atoms with Crippen LogP contribution in [0.4, 0.5) is 0 Å². The van der Waals surface area contributed by atoms with Gasteiger partial charge in [-0.3, -0.25) is 0 Å². The van der Waals surface area contributed by atoms with Crippen LogP contribution in [0, 0.1) is 0 Å². The van der Waals surface area contributed by atoms with Gasteiger partial charge >= 0.3 is 11.9 Å². The first-order chi connectivity index (χ1) is 13.1. The summed E-state index contributed by atoms with van der Waals surface area (Å²) in [4.78, 5) is 23.7. The summed E-state index contributed by atoms with van der Waals surface area (Å²) >= 11 is 0. The number of rotatable bonds is 8. The molecule has 0 aliphatic rings. The fraction of sp³-hybridized carbons (Fsp3) is 0.304. The van der Waals surface area contributed by atoms with Crippen LogP contribution >= 0.6 is 0 Å². The van der Waals surface area contributed by atoms with Crippen molar-refractivity contribution in [3.05, 3.63) is 72.8 Å². The predicted octanol–water partition coefficient (Wildman–Crippen LogP) is 4.96. The van der Waals surface area contributed by atoms with Crippen LogP contribution in [0.15, 0.2) is 67.3 Å². The molecule has 0 fully saturated rings. The molecule has 0 aliphatic carbocycles. The summed E-state index contributed by atoms with van der Waals surface area (Å²) in [6.07, 6.45) is 1.61. The van der Waals surface area contributed by atoms with E-state index in [4.69, 9.17) is 14.2 Å². The van der Waals surface area contributed by atoms with E-state index in [1.807, 2.05) is 33.8 Å². The van der Waals surface area contributed by atoms with Gasteiger partial charge in [0.15, 0.2) is 0 Å². The van der Waals surface area contributed by atoms with Crippen molar-refractivity contribution in [2.45, 2.75) is 45.3 Å². The number of benzene rings is 2. The summed E-state index contributed by atoms with van der Waals surface area (Å²) in [5.41, 5.74) is -0.889. The van der Waals surface area contributed by atoms with Gasteiger partial charge in [0.1, 0.15) is 22.7 Å². The number of carbonyl (C=O) groups is 2. The highest BCUT2D eigenvalue weighted by Crippen LogP contribution is 2.29. The minimum atomic E-state index is -0.714. The third-order valence-electron chi connectivity index (χ3n) is 3.83. The van der Waals surface area contributed by atoms with E-state index in [1.54, 1.807) is 48.5 Å². The van der Waals surface area contributed by atoms with E-state index < -0.39 is 23.1 Å². The normalized spacial score (nSPS) is 11.4. The van der Waals surface area contributed by atoms with Gasteiger partial charge in [0.2, 0.25) is 0 Å². The molecular weight excluding hydrogens is 356 g/mol. The van der Waals surface area contributed by atoms with Gasteiger partial charge in [-0.1, -0.05) is 24.8 Å². The number of hydrogen-bond acceptors (Lipinski definition) is 5. The Morgan fingerprint density at radius 1 is 0.893 bits per heavy atom. The van der Waals surface area contributed by atoms with Crippen LogP contribution in [0.2, 0.25) is 0 Å². The topological polar surface area (TPSA) is 61.8 Å². The van der Waals surface area contributed by atoms with Crippen LogP contribution < -0.4 is 9.47 Å². The molecule has 0 N–H and O–H groups in total. The molecule has 148 valence electrons. The second kappa shape index (κ2) is 8.74. The van der Waals surface area contributed by atoms with Crippen molar-refractivity contribution in [2.24, 2.45) is 0 Å². The van der Waals surface area contributed by atoms with E-state index in [1.165, 1.54) is 0 Å². The van der Waals surface area contributed by atoms with Gasteiger partial charge < -0.3 is 14.2 Å². The van der Waals surface area contributed by atoms with Gasteiger partial charge in [-0.2, -0.15) is 0 Å². The molecule has 0 atom stereocenters. The SMILES string of the molecule is C=CC(=O)OC(C)(C)CC(C)(C)Oc1ccc(C(=O)Oc2ccccc2)cc1. The van der Waals surface area contributed by atoms with Crippen LogP contribution in [-0.2, 0) is 9.53 Å². The fourth-order valence-corrected chi connectivity index (χ4v) is 3.04. The van der Waals surface area contributed by atoms with Crippen molar-refractivity contribution >= 4 is 11.9 Å². The molecule has 0 radical (unpaired) electrons. The molecule has 2 rings (SSSR count). The highest BCUT2D eigenvalue weighted by atomic mass is 16.6. The second-order valence-electron chi connectivity index (χ2n) is 7.65. The lowest BCUT2D eigenvalue weighted by atomic mass is 9.92. The molecule has 0 aliphatic heterocycles. The number of esters is 2. The van der Waals surface area contributed by atoms with Gasteiger partial charge in [0.25, 0.3) is 0 Å². The molecule has 0 saturated heterocycles. The Morgan fingerprint density at radius 2 is 1.50 bits per heavy atom. The van der Waals surface area contributed by atoms with Crippen molar-refractivity contribution in [3.63, 3.8) is 0 Å². The van der Waals surface area contributed by atoms with Crippen LogP contribution in [0.3, 0.4) is 0 Å². The van der Waals surface area contributed by atoms with E-state index in [9.17, 15) is 9.59 Å². The first-order valence-corrected chi connectivity index (χ1v) is 9.02. The summed E-state index contributed by atoms with van der Waals surface area (Å²) in [6, 6.07) is 15.6. The van der Waals surface area contributed by atoms with Gasteiger partial charge in [-0.05, 0) is 64.1 Å². The monoisotopic (exact) mass is 382 g/mol. The smallest absolute Gasteiger partial charge is 0.343 e. The van der Waals surface area contributed by atoms with E-state index in [0.29, 0.717) is 23.5 Å². The van der Waals surface area contributed by atoms with Gasteiger partial charge in [0.05, 0.1) is 5.56 Å². The molecule has 2 aromatic carbocycles. The summed E-state index contributed by atoms with van der Waals surface area (Å²) in [7, 11) is 0. The van der Waals surface area contributed by atoms with Crippen molar-refractivity contribution in [2.75, 3.05) is 0 Å². The lowest BCUT2D eigenvalue weighted by molar-refractivity contribution is -0.154. The number of para-hydroxylation sites is 1. The Hall–Kier alpha value is -3.08. The van der Waals surface area contributed by atoms with Crippen LogP contribution in [0.25, 0.3) is 0 Å². The van der Waals surface area contributed by atoms with E-state index in [0.717, 1.165) is 6.08 Å². The summed E-state index contributed by atoms with van der Waals surface area (Å²) < 4.78 is 16.7. The highest BCUT2D eigenvalue weighted by molar-refractivity contribution is 5.91. The zero-order valence-electron chi connectivity index (χ0n) is 16.7. The molecule has 0 saturated carbocycles. The van der Waals surface area contributed by atoms with E-state index >= 15 is 0 Å². The molecule has 28 heavy (non-hydrogen) atoms.